The molecular formula is C17H16ClF3N4O2. The SMILES string of the molecule is Cc1cc(C)n(CC(=O)NNC(=O)/C=C/c2ccc(Cl)c(C(F)(F)F)c2)n1. The molecular weight excluding hydrogens is 385 g/mol. The second kappa shape index (κ2) is 8.26. The molecule has 144 valence electrons. The van der Waals surface area contributed by atoms with Crippen LogP contribution in [0.1, 0.15) is 22.5 Å². The topological polar surface area (TPSA) is 76.0 Å². The van der Waals surface area contributed by atoms with Crippen LogP contribution in [-0.4, -0.2) is 21.6 Å². The molecule has 0 unspecified atom stereocenters. The fourth-order valence-electron chi connectivity index (χ4n) is 2.22. The van der Waals surface area contributed by atoms with Crippen molar-refractivity contribution in [1.82, 2.24) is 20.6 Å². The van der Waals surface area contributed by atoms with E-state index in [0.717, 1.165) is 29.6 Å². The van der Waals surface area contributed by atoms with Gasteiger partial charge < -0.3 is 0 Å². The molecule has 1 heterocycles. The van der Waals surface area contributed by atoms with Crippen LogP contribution in [0.4, 0.5) is 13.2 Å². The average Bonchev–Trinajstić information content (AvgIpc) is 2.88. The average molecular weight is 401 g/mol. The molecule has 0 atom stereocenters. The molecule has 0 saturated carbocycles. The molecule has 2 N–H and O–H groups in total. The summed E-state index contributed by atoms with van der Waals surface area (Å²) in [5.74, 6) is -1.21. The van der Waals surface area contributed by atoms with Crippen LogP contribution in [0.3, 0.4) is 0 Å². The zero-order chi connectivity index (χ0) is 20.2. The van der Waals surface area contributed by atoms with E-state index in [2.05, 4.69) is 16.0 Å². The van der Waals surface area contributed by atoms with E-state index < -0.39 is 28.6 Å². The number of nitrogens with one attached hydrogen (secondary N) is 2. The maximum absolute atomic E-state index is 12.8. The van der Waals surface area contributed by atoms with E-state index in [1.165, 1.54) is 16.8 Å². The third kappa shape index (κ3) is 5.85. The zero-order valence-electron chi connectivity index (χ0n) is 14.4. The Bertz CT molecular complexity index is 891. The maximum atomic E-state index is 12.8. The lowest BCUT2D eigenvalue weighted by Crippen LogP contribution is -2.42. The molecule has 2 amide bonds. The van der Waals surface area contributed by atoms with E-state index in [0.29, 0.717) is 0 Å². The van der Waals surface area contributed by atoms with Crippen LogP contribution in [-0.2, 0) is 22.3 Å². The van der Waals surface area contributed by atoms with Crippen molar-refractivity contribution in [2.75, 3.05) is 0 Å². The highest BCUT2D eigenvalue weighted by atomic mass is 35.5. The van der Waals surface area contributed by atoms with Gasteiger partial charge in [0.05, 0.1) is 16.3 Å². The number of halogens is 4. The molecule has 0 aliphatic carbocycles. The summed E-state index contributed by atoms with van der Waals surface area (Å²) in [5.41, 5.74) is 5.02. The van der Waals surface area contributed by atoms with Crippen LogP contribution in [0.2, 0.25) is 5.02 Å². The van der Waals surface area contributed by atoms with Crippen molar-refractivity contribution in [2.24, 2.45) is 0 Å². The highest BCUT2D eigenvalue weighted by molar-refractivity contribution is 6.31. The van der Waals surface area contributed by atoms with Crippen LogP contribution in [0.15, 0.2) is 30.3 Å². The Labute approximate surface area is 158 Å². The van der Waals surface area contributed by atoms with Gasteiger partial charge in [0, 0.05) is 11.8 Å². The number of rotatable bonds is 4. The number of hydrazine groups is 1. The summed E-state index contributed by atoms with van der Waals surface area (Å²) >= 11 is 5.53. The van der Waals surface area contributed by atoms with Crippen LogP contribution < -0.4 is 10.9 Å². The number of carbonyl (C=O) groups excluding carboxylic acids is 2. The third-order valence-electron chi connectivity index (χ3n) is 3.44. The standard InChI is InChI=1S/C17H16ClF3N4O2/c1-10-7-11(2)25(24-10)9-16(27)23-22-15(26)6-4-12-3-5-14(18)13(8-12)17(19,20)21/h3-8H,9H2,1-2H3,(H,22,26)(H,23,27)/b6-4+. The van der Waals surface area contributed by atoms with Crippen LogP contribution in [0, 0.1) is 13.8 Å². The molecule has 6 nitrogen and oxygen atoms in total. The van der Waals surface area contributed by atoms with Gasteiger partial charge in [-0.3, -0.25) is 25.1 Å². The molecule has 0 bridgehead atoms. The number of hydrogen-bond donors (Lipinski definition) is 2. The number of benzene rings is 1. The molecule has 0 spiro atoms. The minimum absolute atomic E-state index is 0.0875. The lowest BCUT2D eigenvalue weighted by Gasteiger charge is -2.09. The van der Waals surface area contributed by atoms with Crippen molar-refractivity contribution < 1.29 is 22.8 Å². The Balaban J connectivity index is 1.92. The maximum Gasteiger partial charge on any atom is 0.417 e. The van der Waals surface area contributed by atoms with Crippen LogP contribution in [0.25, 0.3) is 6.08 Å². The number of amides is 2. The second-order valence-corrected chi connectivity index (χ2v) is 6.10. The smallest absolute Gasteiger partial charge is 0.271 e. The highest BCUT2D eigenvalue weighted by Crippen LogP contribution is 2.35. The number of nitrogens with zero attached hydrogens (tertiary/aromatic N) is 2. The van der Waals surface area contributed by atoms with Gasteiger partial charge in [0.1, 0.15) is 6.54 Å². The first kappa shape index (κ1) is 20.5. The fourth-order valence-corrected chi connectivity index (χ4v) is 2.44. The summed E-state index contributed by atoms with van der Waals surface area (Å²) in [4.78, 5) is 23.5. The molecule has 0 fully saturated rings. The molecule has 1 aromatic heterocycles. The van der Waals surface area contributed by atoms with Crippen molar-refractivity contribution >= 4 is 29.5 Å². The highest BCUT2D eigenvalue weighted by Gasteiger charge is 2.33. The lowest BCUT2D eigenvalue weighted by atomic mass is 10.1. The van der Waals surface area contributed by atoms with Crippen molar-refractivity contribution in [3.8, 4) is 0 Å². The quantitative estimate of drug-likeness (QED) is 0.612. The van der Waals surface area contributed by atoms with E-state index in [-0.39, 0.29) is 12.1 Å². The first-order chi connectivity index (χ1) is 12.6. The van der Waals surface area contributed by atoms with Gasteiger partial charge in [-0.15, -0.1) is 0 Å². The monoisotopic (exact) mass is 400 g/mol. The van der Waals surface area contributed by atoms with Gasteiger partial charge >= 0.3 is 6.18 Å². The predicted octanol–water partition coefficient (Wildman–Crippen LogP) is 3.03. The fraction of sp³-hybridized carbons (Fsp3) is 0.235. The molecule has 0 aliphatic rings. The van der Waals surface area contributed by atoms with E-state index in [9.17, 15) is 22.8 Å². The summed E-state index contributed by atoms with van der Waals surface area (Å²) in [6.07, 6.45) is -2.43. The van der Waals surface area contributed by atoms with E-state index in [4.69, 9.17) is 11.6 Å². The summed E-state index contributed by atoms with van der Waals surface area (Å²) in [6.45, 7) is 3.49. The van der Waals surface area contributed by atoms with Crippen LogP contribution in [0.5, 0.6) is 0 Å². The Hall–Kier alpha value is -2.81. The molecule has 10 heteroatoms. The van der Waals surface area contributed by atoms with E-state index in [1.54, 1.807) is 19.9 Å². The summed E-state index contributed by atoms with van der Waals surface area (Å²) < 4.78 is 39.9. The van der Waals surface area contributed by atoms with Gasteiger partial charge in [-0.25, -0.2) is 0 Å². The molecule has 0 aliphatic heterocycles. The van der Waals surface area contributed by atoms with Gasteiger partial charge in [0.25, 0.3) is 11.8 Å². The van der Waals surface area contributed by atoms with Crippen molar-refractivity contribution in [3.05, 3.63) is 57.9 Å². The predicted molar refractivity (Wildman–Crippen MR) is 93.5 cm³/mol. The van der Waals surface area contributed by atoms with Gasteiger partial charge in [-0.1, -0.05) is 17.7 Å². The Morgan fingerprint density at radius 2 is 1.93 bits per heavy atom. The van der Waals surface area contributed by atoms with Gasteiger partial charge in [0.15, 0.2) is 0 Å². The molecule has 1 aromatic carbocycles. The third-order valence-corrected chi connectivity index (χ3v) is 3.77. The molecule has 0 saturated heterocycles. The number of aromatic nitrogens is 2. The van der Waals surface area contributed by atoms with Gasteiger partial charge in [-0.2, -0.15) is 18.3 Å². The Morgan fingerprint density at radius 3 is 2.52 bits per heavy atom. The Morgan fingerprint density at radius 1 is 1.22 bits per heavy atom. The normalized spacial score (nSPS) is 11.6. The van der Waals surface area contributed by atoms with E-state index in [1.807, 2.05) is 0 Å². The van der Waals surface area contributed by atoms with E-state index >= 15 is 0 Å². The number of carbonyl (C=O) groups is 2. The molecule has 0 radical (unpaired) electrons. The first-order valence-electron chi connectivity index (χ1n) is 7.71. The second-order valence-electron chi connectivity index (χ2n) is 5.69. The van der Waals surface area contributed by atoms with Crippen molar-refractivity contribution in [3.63, 3.8) is 0 Å². The molecule has 27 heavy (non-hydrogen) atoms. The van der Waals surface area contributed by atoms with Gasteiger partial charge in [-0.05, 0) is 43.7 Å². The summed E-state index contributed by atoms with van der Waals surface area (Å²) in [7, 11) is 0. The number of hydrogen-bond acceptors (Lipinski definition) is 3. The minimum Gasteiger partial charge on any atom is -0.271 e. The molecule has 2 aromatic rings. The Kier molecular flexibility index (Phi) is 6.27. The van der Waals surface area contributed by atoms with Crippen molar-refractivity contribution in [1.29, 1.82) is 0 Å². The first-order valence-corrected chi connectivity index (χ1v) is 8.09. The zero-order valence-corrected chi connectivity index (χ0v) is 15.1. The largest absolute Gasteiger partial charge is 0.417 e. The number of alkyl halides is 3. The van der Waals surface area contributed by atoms with Crippen molar-refractivity contribution in [2.45, 2.75) is 26.6 Å². The summed E-state index contributed by atoms with van der Waals surface area (Å²) in [5, 5.41) is 3.68. The van der Waals surface area contributed by atoms with Gasteiger partial charge in [0.2, 0.25) is 0 Å². The summed E-state index contributed by atoms with van der Waals surface area (Å²) in [6, 6.07) is 5.06. The molecule has 2 rings (SSSR count). The lowest BCUT2D eigenvalue weighted by molar-refractivity contribution is -0.137. The number of aryl methyl sites for hydroxylation is 2. The van der Waals surface area contributed by atoms with Crippen LogP contribution >= 0.6 is 11.6 Å². The minimum atomic E-state index is -4.60.